The number of aryl methyl sites for hydroxylation is 1. The maximum absolute atomic E-state index is 13.3. The van der Waals surface area contributed by atoms with E-state index in [1.165, 1.54) is 0 Å². The molecule has 0 saturated carbocycles. The van der Waals surface area contributed by atoms with E-state index in [9.17, 15) is 4.79 Å². The van der Waals surface area contributed by atoms with Gasteiger partial charge >= 0.3 is 0 Å². The van der Waals surface area contributed by atoms with Gasteiger partial charge in [0.25, 0.3) is 5.56 Å². The van der Waals surface area contributed by atoms with E-state index in [-0.39, 0.29) is 18.2 Å². The predicted molar refractivity (Wildman–Crippen MR) is 146 cm³/mol. The highest BCUT2D eigenvalue weighted by atomic mass is 16.5. The molecular weight excluding hydrogens is 482 g/mol. The van der Waals surface area contributed by atoms with Gasteiger partial charge in [0.1, 0.15) is 11.5 Å². The first-order valence-electron chi connectivity index (χ1n) is 12.7. The van der Waals surface area contributed by atoms with Crippen molar-refractivity contribution in [2.75, 3.05) is 18.4 Å². The van der Waals surface area contributed by atoms with Crippen LogP contribution in [0.4, 0.5) is 11.6 Å². The largest absolute Gasteiger partial charge is 0.474 e. The molecule has 5 aromatic rings. The summed E-state index contributed by atoms with van der Waals surface area (Å²) in [5, 5.41) is 12.3. The van der Waals surface area contributed by atoms with Gasteiger partial charge in [-0.05, 0) is 56.6 Å². The molecule has 11 heteroatoms. The maximum atomic E-state index is 13.3. The van der Waals surface area contributed by atoms with Crippen molar-refractivity contribution >= 4 is 33.6 Å². The molecule has 1 aromatic carbocycles. The minimum absolute atomic E-state index is 0.0970. The molecular formula is C27H29N9O2. The quantitative estimate of drug-likeness (QED) is 0.320. The van der Waals surface area contributed by atoms with Crippen molar-refractivity contribution in [1.29, 1.82) is 0 Å². The SMILES string of the molecule is C=CCn1c(=O)c2cnc(Nc3ccc4c(cnn4C)c3)nc2n1-c1cccc(O[C@@H]2CCCNCC2)n1. The smallest absolute Gasteiger partial charge is 0.278 e. The van der Waals surface area contributed by atoms with Crippen molar-refractivity contribution < 1.29 is 4.74 Å². The Kier molecular flexibility index (Phi) is 6.34. The number of ether oxygens (including phenoxy) is 1. The summed E-state index contributed by atoms with van der Waals surface area (Å²) in [6.07, 6.45) is 8.08. The van der Waals surface area contributed by atoms with Gasteiger partial charge in [0.2, 0.25) is 11.8 Å². The normalized spacial score (nSPS) is 16.0. The number of aromatic nitrogens is 7. The molecule has 0 spiro atoms. The standard InChI is InChI=1S/C27H29N9O2/c1-3-14-35-26(37)21-17-29-27(31-19-9-10-22-18(15-19)16-30-34(22)2)33-25(21)36(35)23-7-4-8-24(32-23)38-20-6-5-12-28-13-11-20/h3-4,7-10,15-17,20,28H,1,5-6,11-14H2,2H3,(H,29,31,33)/t20-/m1/s1. The van der Waals surface area contributed by atoms with E-state index in [1.807, 2.05) is 54.3 Å². The minimum atomic E-state index is -0.216. The van der Waals surface area contributed by atoms with Crippen LogP contribution in [0.1, 0.15) is 19.3 Å². The molecule has 0 radical (unpaired) electrons. The molecule has 11 nitrogen and oxygen atoms in total. The zero-order valence-electron chi connectivity index (χ0n) is 21.2. The lowest BCUT2D eigenvalue weighted by atomic mass is 10.2. The molecule has 1 fully saturated rings. The Labute approximate surface area is 218 Å². The molecule has 0 amide bonds. The molecule has 0 unspecified atom stereocenters. The lowest BCUT2D eigenvalue weighted by molar-refractivity contribution is 0.179. The second-order valence-electron chi connectivity index (χ2n) is 9.34. The van der Waals surface area contributed by atoms with E-state index < -0.39 is 0 Å². The van der Waals surface area contributed by atoms with E-state index in [4.69, 9.17) is 14.7 Å². The molecule has 194 valence electrons. The van der Waals surface area contributed by atoms with Crippen LogP contribution in [-0.4, -0.2) is 53.3 Å². The Morgan fingerprint density at radius 3 is 3.00 bits per heavy atom. The molecule has 4 aromatic heterocycles. The van der Waals surface area contributed by atoms with Crippen LogP contribution >= 0.6 is 0 Å². The summed E-state index contributed by atoms with van der Waals surface area (Å²) < 4.78 is 11.3. The van der Waals surface area contributed by atoms with Crippen LogP contribution in [0.25, 0.3) is 27.8 Å². The molecule has 5 heterocycles. The van der Waals surface area contributed by atoms with Crippen molar-refractivity contribution in [3.63, 3.8) is 0 Å². The van der Waals surface area contributed by atoms with Crippen molar-refractivity contribution in [3.8, 4) is 11.7 Å². The Hall–Kier alpha value is -4.51. The summed E-state index contributed by atoms with van der Waals surface area (Å²) in [5.41, 5.74) is 2.07. The molecule has 0 bridgehead atoms. The van der Waals surface area contributed by atoms with Crippen LogP contribution in [0.2, 0.25) is 0 Å². The summed E-state index contributed by atoms with van der Waals surface area (Å²) >= 11 is 0. The van der Waals surface area contributed by atoms with E-state index in [2.05, 4.69) is 27.3 Å². The van der Waals surface area contributed by atoms with Crippen LogP contribution < -0.4 is 20.9 Å². The van der Waals surface area contributed by atoms with Gasteiger partial charge in [0, 0.05) is 30.4 Å². The molecule has 1 saturated heterocycles. The third-order valence-corrected chi connectivity index (χ3v) is 6.72. The number of pyridine rings is 1. The molecule has 1 aliphatic rings. The Morgan fingerprint density at radius 2 is 2.11 bits per heavy atom. The fraction of sp³-hybridized carbons (Fsp3) is 0.296. The van der Waals surface area contributed by atoms with E-state index in [0.717, 1.165) is 48.9 Å². The highest BCUT2D eigenvalue weighted by Gasteiger charge is 2.19. The molecule has 0 aliphatic carbocycles. The first-order valence-corrected chi connectivity index (χ1v) is 12.7. The van der Waals surface area contributed by atoms with Crippen molar-refractivity contribution in [2.24, 2.45) is 7.05 Å². The van der Waals surface area contributed by atoms with Crippen LogP contribution in [0, 0.1) is 0 Å². The van der Waals surface area contributed by atoms with Gasteiger partial charge in [-0.3, -0.25) is 9.48 Å². The van der Waals surface area contributed by atoms with Crippen LogP contribution in [0.3, 0.4) is 0 Å². The van der Waals surface area contributed by atoms with Crippen molar-refractivity contribution in [1.82, 2.24) is 39.4 Å². The summed E-state index contributed by atoms with van der Waals surface area (Å²) in [7, 11) is 1.90. The Bertz CT molecular complexity index is 1680. The van der Waals surface area contributed by atoms with Gasteiger partial charge in [-0.2, -0.15) is 15.1 Å². The molecule has 1 atom stereocenters. The number of allylic oxidation sites excluding steroid dienone is 1. The van der Waals surface area contributed by atoms with Crippen LogP contribution in [0.5, 0.6) is 5.88 Å². The number of hydrogen-bond acceptors (Lipinski definition) is 8. The number of anilines is 2. The zero-order valence-corrected chi connectivity index (χ0v) is 21.2. The fourth-order valence-corrected chi connectivity index (χ4v) is 4.84. The minimum Gasteiger partial charge on any atom is -0.474 e. The topological polar surface area (TPSA) is 117 Å². The van der Waals surface area contributed by atoms with Crippen LogP contribution in [-0.2, 0) is 13.6 Å². The molecule has 38 heavy (non-hydrogen) atoms. The van der Waals surface area contributed by atoms with Gasteiger partial charge < -0.3 is 15.4 Å². The van der Waals surface area contributed by atoms with Gasteiger partial charge in [0.05, 0.1) is 18.3 Å². The second kappa shape index (κ2) is 10.1. The van der Waals surface area contributed by atoms with Crippen molar-refractivity contribution in [2.45, 2.75) is 31.9 Å². The van der Waals surface area contributed by atoms with Crippen LogP contribution in [0.15, 0.2) is 66.2 Å². The molecule has 2 N–H and O–H groups in total. The molecule has 1 aliphatic heterocycles. The first kappa shape index (κ1) is 23.9. The summed E-state index contributed by atoms with van der Waals surface area (Å²) in [6, 6.07) is 11.5. The highest BCUT2D eigenvalue weighted by Crippen LogP contribution is 2.23. The fourth-order valence-electron chi connectivity index (χ4n) is 4.84. The average Bonchev–Trinajstić information content (AvgIpc) is 3.28. The lowest BCUT2D eigenvalue weighted by Crippen LogP contribution is -2.23. The third kappa shape index (κ3) is 4.52. The maximum Gasteiger partial charge on any atom is 0.278 e. The van der Waals surface area contributed by atoms with Gasteiger partial charge in [-0.1, -0.05) is 12.1 Å². The van der Waals surface area contributed by atoms with E-state index in [1.54, 1.807) is 21.6 Å². The monoisotopic (exact) mass is 511 g/mol. The average molecular weight is 512 g/mol. The number of benzene rings is 1. The van der Waals surface area contributed by atoms with Gasteiger partial charge in [-0.25, -0.2) is 14.3 Å². The first-order chi connectivity index (χ1) is 18.6. The summed E-state index contributed by atoms with van der Waals surface area (Å²) in [5.74, 6) is 1.42. The summed E-state index contributed by atoms with van der Waals surface area (Å²) in [6.45, 7) is 6.04. The van der Waals surface area contributed by atoms with E-state index >= 15 is 0 Å². The second-order valence-corrected chi connectivity index (χ2v) is 9.34. The zero-order chi connectivity index (χ0) is 26.1. The van der Waals surface area contributed by atoms with E-state index in [0.29, 0.717) is 28.7 Å². The number of fused-ring (bicyclic) bond motifs is 2. The Balaban J connectivity index is 1.39. The Morgan fingerprint density at radius 1 is 1.18 bits per heavy atom. The van der Waals surface area contributed by atoms with Crippen molar-refractivity contribution in [3.05, 3.63) is 71.8 Å². The number of nitrogens with zero attached hydrogens (tertiary/aromatic N) is 7. The van der Waals surface area contributed by atoms with Gasteiger partial charge in [-0.15, -0.1) is 6.58 Å². The third-order valence-electron chi connectivity index (χ3n) is 6.72. The number of nitrogens with one attached hydrogen (secondary N) is 2. The highest BCUT2D eigenvalue weighted by molar-refractivity contribution is 5.83. The number of hydrogen-bond donors (Lipinski definition) is 2. The van der Waals surface area contributed by atoms with Gasteiger partial charge in [0.15, 0.2) is 11.5 Å². The lowest BCUT2D eigenvalue weighted by Gasteiger charge is -2.17. The molecule has 6 rings (SSSR count). The summed E-state index contributed by atoms with van der Waals surface area (Å²) in [4.78, 5) is 27.2. The number of rotatable bonds is 7. The predicted octanol–water partition coefficient (Wildman–Crippen LogP) is 3.31.